The topological polar surface area (TPSA) is 41.1 Å². The van der Waals surface area contributed by atoms with Crippen LogP contribution in [0.5, 0.6) is 0 Å². The molecule has 1 heterocycles. The second-order valence-electron chi connectivity index (χ2n) is 5.47. The van der Waals surface area contributed by atoms with Crippen LogP contribution in [0.4, 0.5) is 0 Å². The lowest BCUT2D eigenvalue weighted by Crippen LogP contribution is -2.57. The highest BCUT2D eigenvalue weighted by Gasteiger charge is 2.34. The summed E-state index contributed by atoms with van der Waals surface area (Å²) in [5.41, 5.74) is 0.589. The van der Waals surface area contributed by atoms with E-state index in [2.05, 4.69) is 10.6 Å². The minimum absolute atomic E-state index is 0.0354. The number of carbonyl (C=O) groups excluding carboxylic acids is 1. The van der Waals surface area contributed by atoms with Crippen LogP contribution in [0.2, 0.25) is 5.02 Å². The summed E-state index contributed by atoms with van der Waals surface area (Å²) in [6.07, 6.45) is 3.14. The van der Waals surface area contributed by atoms with Crippen molar-refractivity contribution in [2.45, 2.75) is 44.7 Å². The Bertz CT molecular complexity index is 455. The Kier molecular flexibility index (Phi) is 4.48. The highest BCUT2D eigenvalue weighted by atomic mass is 35.5. The summed E-state index contributed by atoms with van der Waals surface area (Å²) in [6.45, 7) is 4.87. The van der Waals surface area contributed by atoms with Gasteiger partial charge in [-0.15, -0.1) is 0 Å². The monoisotopic (exact) mass is 280 g/mol. The molecule has 2 N–H and O–H groups in total. The molecule has 0 bridgehead atoms. The number of benzene rings is 1. The molecule has 1 fully saturated rings. The molecular formula is C15H21ClN2O. The SMILES string of the molecule is C[C@@H](NC(=O)C1(C)CCCCN1)c1cccc(Cl)c1. The Morgan fingerprint density at radius 1 is 1.47 bits per heavy atom. The number of piperidine rings is 1. The smallest absolute Gasteiger partial charge is 0.240 e. The van der Waals surface area contributed by atoms with E-state index in [4.69, 9.17) is 11.6 Å². The van der Waals surface area contributed by atoms with Gasteiger partial charge in [0.15, 0.2) is 0 Å². The second-order valence-corrected chi connectivity index (χ2v) is 5.90. The molecule has 0 saturated carbocycles. The van der Waals surface area contributed by atoms with Crippen molar-refractivity contribution in [3.05, 3.63) is 34.9 Å². The summed E-state index contributed by atoms with van der Waals surface area (Å²) < 4.78 is 0. The fraction of sp³-hybridized carbons (Fsp3) is 0.533. The minimum atomic E-state index is -0.439. The van der Waals surface area contributed by atoms with Crippen molar-refractivity contribution < 1.29 is 4.79 Å². The zero-order valence-corrected chi connectivity index (χ0v) is 12.3. The van der Waals surface area contributed by atoms with E-state index in [0.717, 1.165) is 31.4 Å². The molecule has 1 aliphatic heterocycles. The predicted octanol–water partition coefficient (Wildman–Crippen LogP) is 3.05. The van der Waals surface area contributed by atoms with E-state index >= 15 is 0 Å². The fourth-order valence-corrected chi connectivity index (χ4v) is 2.66. The maximum Gasteiger partial charge on any atom is 0.240 e. The predicted molar refractivity (Wildman–Crippen MR) is 78.3 cm³/mol. The first kappa shape index (κ1) is 14.4. The van der Waals surface area contributed by atoms with Crippen molar-refractivity contribution in [1.82, 2.24) is 10.6 Å². The van der Waals surface area contributed by atoms with Gasteiger partial charge in [0.2, 0.25) is 5.91 Å². The number of halogens is 1. The minimum Gasteiger partial charge on any atom is -0.348 e. The van der Waals surface area contributed by atoms with Gasteiger partial charge in [-0.2, -0.15) is 0 Å². The molecule has 4 heteroatoms. The first-order valence-electron chi connectivity index (χ1n) is 6.83. The summed E-state index contributed by atoms with van der Waals surface area (Å²) >= 11 is 5.98. The van der Waals surface area contributed by atoms with Crippen LogP contribution in [0.15, 0.2) is 24.3 Å². The second kappa shape index (κ2) is 5.93. The van der Waals surface area contributed by atoms with Crippen molar-refractivity contribution in [2.24, 2.45) is 0 Å². The largest absolute Gasteiger partial charge is 0.348 e. The first-order chi connectivity index (χ1) is 9.01. The molecule has 1 amide bonds. The summed E-state index contributed by atoms with van der Waals surface area (Å²) in [5, 5.41) is 7.09. The Hall–Kier alpha value is -1.06. The average molecular weight is 281 g/mol. The maximum atomic E-state index is 12.4. The van der Waals surface area contributed by atoms with Crippen LogP contribution in [0.1, 0.15) is 44.7 Å². The molecule has 2 rings (SSSR count). The van der Waals surface area contributed by atoms with Crippen LogP contribution in [0.25, 0.3) is 0 Å². The van der Waals surface area contributed by atoms with Gasteiger partial charge in [-0.05, 0) is 57.4 Å². The molecule has 0 spiro atoms. The van der Waals surface area contributed by atoms with E-state index in [1.807, 2.05) is 38.1 Å². The van der Waals surface area contributed by atoms with Gasteiger partial charge < -0.3 is 10.6 Å². The molecule has 1 aromatic rings. The normalized spacial score (nSPS) is 24.8. The number of hydrogen-bond acceptors (Lipinski definition) is 2. The maximum absolute atomic E-state index is 12.4. The Balaban J connectivity index is 2.02. The van der Waals surface area contributed by atoms with E-state index in [1.54, 1.807) is 0 Å². The van der Waals surface area contributed by atoms with E-state index in [1.165, 1.54) is 0 Å². The van der Waals surface area contributed by atoms with Crippen LogP contribution in [-0.2, 0) is 4.79 Å². The van der Waals surface area contributed by atoms with Gasteiger partial charge in [-0.3, -0.25) is 4.79 Å². The van der Waals surface area contributed by atoms with Crippen molar-refractivity contribution in [1.29, 1.82) is 0 Å². The standard InChI is InChI=1S/C15H21ClN2O/c1-11(12-6-5-7-13(16)10-12)18-14(19)15(2)8-3-4-9-17-15/h5-7,10-11,17H,3-4,8-9H2,1-2H3,(H,18,19)/t11-,15?/m1/s1. The number of amides is 1. The van der Waals surface area contributed by atoms with Crippen LogP contribution in [0, 0.1) is 0 Å². The lowest BCUT2D eigenvalue weighted by molar-refractivity contribution is -0.128. The number of rotatable bonds is 3. The third-order valence-corrected chi connectivity index (χ3v) is 4.05. The highest BCUT2D eigenvalue weighted by molar-refractivity contribution is 6.30. The number of nitrogens with one attached hydrogen (secondary N) is 2. The molecule has 0 aliphatic carbocycles. The summed E-state index contributed by atoms with van der Waals surface area (Å²) in [7, 11) is 0. The molecule has 1 aliphatic rings. The molecule has 1 aromatic carbocycles. The molecule has 1 saturated heterocycles. The summed E-state index contributed by atoms with van der Waals surface area (Å²) in [6, 6.07) is 7.58. The van der Waals surface area contributed by atoms with Crippen molar-refractivity contribution in [2.75, 3.05) is 6.54 Å². The summed E-state index contributed by atoms with van der Waals surface area (Å²) in [4.78, 5) is 12.4. The van der Waals surface area contributed by atoms with Crippen LogP contribution in [0.3, 0.4) is 0 Å². The third-order valence-electron chi connectivity index (χ3n) is 3.82. The zero-order chi connectivity index (χ0) is 13.9. The molecule has 104 valence electrons. The molecule has 0 radical (unpaired) electrons. The molecule has 19 heavy (non-hydrogen) atoms. The van der Waals surface area contributed by atoms with Gasteiger partial charge in [-0.25, -0.2) is 0 Å². The van der Waals surface area contributed by atoms with E-state index in [9.17, 15) is 4.79 Å². The Labute approximate surface area is 119 Å². The van der Waals surface area contributed by atoms with Gasteiger partial charge in [0.25, 0.3) is 0 Å². The van der Waals surface area contributed by atoms with E-state index in [-0.39, 0.29) is 11.9 Å². The molecule has 0 aromatic heterocycles. The zero-order valence-electron chi connectivity index (χ0n) is 11.5. The number of hydrogen-bond donors (Lipinski definition) is 2. The van der Waals surface area contributed by atoms with Crippen molar-refractivity contribution in [3.8, 4) is 0 Å². The van der Waals surface area contributed by atoms with Crippen LogP contribution in [-0.4, -0.2) is 18.0 Å². The van der Waals surface area contributed by atoms with Crippen molar-refractivity contribution in [3.63, 3.8) is 0 Å². The summed E-state index contributed by atoms with van der Waals surface area (Å²) in [5.74, 6) is 0.0691. The highest BCUT2D eigenvalue weighted by Crippen LogP contribution is 2.22. The molecule has 3 nitrogen and oxygen atoms in total. The van der Waals surface area contributed by atoms with Gasteiger partial charge >= 0.3 is 0 Å². The van der Waals surface area contributed by atoms with Crippen LogP contribution >= 0.6 is 11.6 Å². The Morgan fingerprint density at radius 3 is 2.89 bits per heavy atom. The van der Waals surface area contributed by atoms with Gasteiger partial charge in [-0.1, -0.05) is 23.7 Å². The van der Waals surface area contributed by atoms with E-state index < -0.39 is 5.54 Å². The van der Waals surface area contributed by atoms with Crippen molar-refractivity contribution >= 4 is 17.5 Å². The van der Waals surface area contributed by atoms with Crippen LogP contribution < -0.4 is 10.6 Å². The molecule has 1 unspecified atom stereocenters. The van der Waals surface area contributed by atoms with E-state index in [0.29, 0.717) is 5.02 Å². The lowest BCUT2D eigenvalue weighted by Gasteiger charge is -2.34. The average Bonchev–Trinajstić information content (AvgIpc) is 2.39. The quantitative estimate of drug-likeness (QED) is 0.893. The number of carbonyl (C=O) groups is 1. The van der Waals surface area contributed by atoms with Gasteiger partial charge in [0.05, 0.1) is 11.6 Å². The first-order valence-corrected chi connectivity index (χ1v) is 7.20. The Morgan fingerprint density at radius 2 is 2.26 bits per heavy atom. The lowest BCUT2D eigenvalue weighted by atomic mass is 9.89. The third kappa shape index (κ3) is 3.48. The van der Waals surface area contributed by atoms with Gasteiger partial charge in [0, 0.05) is 5.02 Å². The van der Waals surface area contributed by atoms with Gasteiger partial charge in [0.1, 0.15) is 0 Å². The molecule has 2 atom stereocenters. The molecular weight excluding hydrogens is 260 g/mol. The fourth-order valence-electron chi connectivity index (χ4n) is 2.47.